The van der Waals surface area contributed by atoms with Crippen molar-refractivity contribution in [2.75, 3.05) is 37.8 Å². The summed E-state index contributed by atoms with van der Waals surface area (Å²) in [7, 11) is 3.84. The molecule has 2 aliphatic rings. The maximum absolute atomic E-state index is 14.9. The van der Waals surface area contributed by atoms with Gasteiger partial charge in [0.2, 0.25) is 5.91 Å². The third kappa shape index (κ3) is 6.63. The fraction of sp³-hybridized carbons (Fsp3) is 0.333. The van der Waals surface area contributed by atoms with E-state index in [-0.39, 0.29) is 23.5 Å². The normalized spacial score (nSPS) is 16.4. The van der Waals surface area contributed by atoms with Gasteiger partial charge in [-0.1, -0.05) is 18.2 Å². The van der Waals surface area contributed by atoms with Crippen LogP contribution in [0.1, 0.15) is 25.7 Å². The van der Waals surface area contributed by atoms with E-state index in [1.807, 2.05) is 0 Å². The number of nitrogens with one attached hydrogen (secondary N) is 2. The summed E-state index contributed by atoms with van der Waals surface area (Å²) < 4.78 is 26.0. The molecule has 214 valence electrons. The van der Waals surface area contributed by atoms with E-state index in [1.54, 1.807) is 54.4 Å². The molecule has 1 aliphatic heterocycles. The van der Waals surface area contributed by atoms with Gasteiger partial charge in [-0.2, -0.15) is 0 Å². The number of para-hydroxylation sites is 1. The van der Waals surface area contributed by atoms with Crippen LogP contribution < -0.4 is 20.1 Å². The van der Waals surface area contributed by atoms with Crippen molar-refractivity contribution >= 4 is 29.4 Å². The molecular weight excluding hydrogens is 529 g/mol. The van der Waals surface area contributed by atoms with E-state index in [0.29, 0.717) is 30.2 Å². The standard InChI is InChI=1S/C30H32FN5O5/c1-35-16-11-20(12-17-35)36(2)29(39)34-26-19-23(10-15-32-26)40-22-8-9-25(24(31)18-22)33-27(37)30(13-14-30)28(38)41-21-6-4-3-5-7-21/h3-10,15,18-20H,11-14,16-17H2,1-2H3,(H,33,37)(H,32,34,39). The third-order valence-corrected chi connectivity index (χ3v) is 7.48. The second kappa shape index (κ2) is 11.9. The predicted octanol–water partition coefficient (Wildman–Crippen LogP) is 4.90. The van der Waals surface area contributed by atoms with Crippen molar-refractivity contribution in [1.82, 2.24) is 14.8 Å². The van der Waals surface area contributed by atoms with Crippen molar-refractivity contribution in [1.29, 1.82) is 0 Å². The van der Waals surface area contributed by atoms with Gasteiger partial charge in [0.15, 0.2) is 0 Å². The Balaban J connectivity index is 1.18. The molecule has 0 atom stereocenters. The number of hydrogen-bond acceptors (Lipinski definition) is 7. The number of pyridine rings is 1. The number of anilines is 2. The fourth-order valence-electron chi connectivity index (χ4n) is 4.67. The number of halogens is 1. The molecule has 10 nitrogen and oxygen atoms in total. The summed E-state index contributed by atoms with van der Waals surface area (Å²) in [5.74, 6) is -0.858. The second-order valence-corrected chi connectivity index (χ2v) is 10.4. The zero-order valence-corrected chi connectivity index (χ0v) is 22.9. The molecule has 0 spiro atoms. The topological polar surface area (TPSA) is 113 Å². The van der Waals surface area contributed by atoms with Crippen molar-refractivity contribution < 1.29 is 28.2 Å². The largest absolute Gasteiger partial charge is 0.457 e. The van der Waals surface area contributed by atoms with Crippen LogP contribution in [0.5, 0.6) is 17.2 Å². The Kier molecular flexibility index (Phi) is 8.16. The maximum Gasteiger partial charge on any atom is 0.327 e. The van der Waals surface area contributed by atoms with Gasteiger partial charge in [0.1, 0.15) is 34.3 Å². The highest BCUT2D eigenvalue weighted by atomic mass is 19.1. The molecule has 1 aromatic heterocycles. The van der Waals surface area contributed by atoms with Gasteiger partial charge in [-0.25, -0.2) is 14.2 Å². The van der Waals surface area contributed by atoms with Crippen molar-refractivity contribution in [2.24, 2.45) is 5.41 Å². The van der Waals surface area contributed by atoms with Crippen LogP contribution in [0.4, 0.5) is 20.7 Å². The fourth-order valence-corrected chi connectivity index (χ4v) is 4.67. The number of urea groups is 1. The van der Waals surface area contributed by atoms with E-state index in [0.717, 1.165) is 32.0 Å². The Hall–Kier alpha value is -4.51. The highest BCUT2D eigenvalue weighted by molar-refractivity contribution is 6.11. The molecule has 2 aromatic carbocycles. The summed E-state index contributed by atoms with van der Waals surface area (Å²) in [6, 6.07) is 15.5. The summed E-state index contributed by atoms with van der Waals surface area (Å²) >= 11 is 0. The summed E-state index contributed by atoms with van der Waals surface area (Å²) in [5.41, 5.74) is -1.42. The zero-order valence-electron chi connectivity index (χ0n) is 22.9. The molecule has 3 aromatic rings. The third-order valence-electron chi connectivity index (χ3n) is 7.48. The molecule has 41 heavy (non-hydrogen) atoms. The summed E-state index contributed by atoms with van der Waals surface area (Å²) in [6.45, 7) is 1.87. The molecule has 0 bridgehead atoms. The van der Waals surface area contributed by atoms with Crippen LogP contribution >= 0.6 is 0 Å². The first-order chi connectivity index (χ1) is 19.7. The number of amides is 3. The molecule has 1 saturated carbocycles. The average Bonchev–Trinajstić information content (AvgIpc) is 3.78. The number of esters is 1. The van der Waals surface area contributed by atoms with E-state index in [9.17, 15) is 18.8 Å². The number of hydrogen-bond donors (Lipinski definition) is 2. The minimum absolute atomic E-state index is 0.0826. The lowest BCUT2D eigenvalue weighted by Gasteiger charge is -2.34. The van der Waals surface area contributed by atoms with E-state index in [2.05, 4.69) is 27.6 Å². The number of likely N-dealkylation sites (tertiary alicyclic amines) is 1. The van der Waals surface area contributed by atoms with Crippen LogP contribution in [0.25, 0.3) is 0 Å². The lowest BCUT2D eigenvalue weighted by atomic mass is 10.0. The van der Waals surface area contributed by atoms with Crippen molar-refractivity contribution in [2.45, 2.75) is 31.7 Å². The molecule has 0 unspecified atom stereocenters. The second-order valence-electron chi connectivity index (χ2n) is 10.4. The molecule has 1 aliphatic carbocycles. The van der Waals surface area contributed by atoms with Gasteiger partial charge in [0.25, 0.3) is 0 Å². The quantitative estimate of drug-likeness (QED) is 0.229. The molecule has 11 heteroatoms. The Morgan fingerprint density at radius 2 is 1.68 bits per heavy atom. The highest BCUT2D eigenvalue weighted by Gasteiger charge is 2.58. The zero-order chi connectivity index (χ0) is 29.0. The van der Waals surface area contributed by atoms with Gasteiger partial charge in [-0.15, -0.1) is 0 Å². The molecule has 2 heterocycles. The summed E-state index contributed by atoms with van der Waals surface area (Å²) in [6.07, 6.45) is 3.93. The van der Waals surface area contributed by atoms with Crippen molar-refractivity contribution in [3.63, 3.8) is 0 Å². The van der Waals surface area contributed by atoms with E-state index in [4.69, 9.17) is 9.47 Å². The molecule has 3 amide bonds. The number of aromatic nitrogens is 1. The van der Waals surface area contributed by atoms with Crippen LogP contribution in [0.3, 0.4) is 0 Å². The molecule has 5 rings (SSSR count). The number of piperidine rings is 1. The minimum Gasteiger partial charge on any atom is -0.457 e. The SMILES string of the molecule is CN1CCC(N(C)C(=O)Nc2cc(Oc3ccc(NC(=O)C4(C(=O)Oc5ccccc5)CC4)c(F)c3)ccn2)CC1. The van der Waals surface area contributed by atoms with Crippen LogP contribution in [0.2, 0.25) is 0 Å². The van der Waals surface area contributed by atoms with Gasteiger partial charge in [-0.05, 0) is 76.2 Å². The number of nitrogens with zero attached hydrogens (tertiary/aromatic N) is 3. The number of carbonyl (C=O) groups excluding carboxylic acids is 3. The average molecular weight is 562 g/mol. The minimum atomic E-state index is -1.34. The molecule has 1 saturated heterocycles. The molecule has 0 radical (unpaired) electrons. The van der Waals surface area contributed by atoms with Crippen molar-refractivity contribution in [3.8, 4) is 17.2 Å². The lowest BCUT2D eigenvalue weighted by Crippen LogP contribution is -2.46. The van der Waals surface area contributed by atoms with E-state index in [1.165, 1.54) is 18.3 Å². The monoisotopic (exact) mass is 561 g/mol. The first-order valence-electron chi connectivity index (χ1n) is 13.5. The van der Waals surface area contributed by atoms with Crippen LogP contribution in [-0.4, -0.2) is 65.9 Å². The van der Waals surface area contributed by atoms with Gasteiger partial charge < -0.3 is 24.6 Å². The predicted molar refractivity (Wildman–Crippen MR) is 150 cm³/mol. The lowest BCUT2D eigenvalue weighted by molar-refractivity contribution is -0.145. The molecular formula is C30H32FN5O5. The van der Waals surface area contributed by atoms with Gasteiger partial charge in [0.05, 0.1) is 5.69 Å². The smallest absolute Gasteiger partial charge is 0.327 e. The van der Waals surface area contributed by atoms with Crippen LogP contribution in [0, 0.1) is 11.2 Å². The summed E-state index contributed by atoms with van der Waals surface area (Å²) in [4.78, 5) is 46.4. The number of benzene rings is 2. The number of rotatable bonds is 8. The Bertz CT molecular complexity index is 1420. The van der Waals surface area contributed by atoms with Gasteiger partial charge in [-0.3, -0.25) is 14.9 Å². The Morgan fingerprint density at radius 1 is 0.976 bits per heavy atom. The van der Waals surface area contributed by atoms with Crippen LogP contribution in [-0.2, 0) is 9.59 Å². The first kappa shape index (κ1) is 28.0. The molecule has 2 N–H and O–H groups in total. The van der Waals surface area contributed by atoms with Crippen LogP contribution in [0.15, 0.2) is 66.9 Å². The maximum atomic E-state index is 14.9. The Morgan fingerprint density at radius 3 is 2.37 bits per heavy atom. The molecule has 2 fully saturated rings. The first-order valence-corrected chi connectivity index (χ1v) is 13.5. The number of carbonyl (C=O) groups is 3. The van der Waals surface area contributed by atoms with E-state index >= 15 is 0 Å². The highest BCUT2D eigenvalue weighted by Crippen LogP contribution is 2.48. The van der Waals surface area contributed by atoms with Gasteiger partial charge >= 0.3 is 12.0 Å². The van der Waals surface area contributed by atoms with Crippen molar-refractivity contribution in [3.05, 3.63) is 72.7 Å². The van der Waals surface area contributed by atoms with E-state index < -0.39 is 23.1 Å². The number of ether oxygens (including phenoxy) is 2. The van der Waals surface area contributed by atoms with Gasteiger partial charge in [0, 0.05) is 31.4 Å². The Labute approximate surface area is 237 Å². The summed E-state index contributed by atoms with van der Waals surface area (Å²) in [5, 5.41) is 5.29.